The van der Waals surface area contributed by atoms with Gasteiger partial charge in [-0.2, -0.15) is 0 Å². The molecule has 1 fully saturated rings. The number of anilines is 1. The summed E-state index contributed by atoms with van der Waals surface area (Å²) in [5.41, 5.74) is 2.14. The van der Waals surface area contributed by atoms with Crippen LogP contribution in [0.4, 0.5) is 10.5 Å². The minimum atomic E-state index is -0.552. The van der Waals surface area contributed by atoms with Gasteiger partial charge in [0.2, 0.25) is 0 Å². The van der Waals surface area contributed by atoms with Crippen molar-refractivity contribution < 1.29 is 14.3 Å². The second-order valence-electron chi connectivity index (χ2n) is 4.52. The smallest absolute Gasteiger partial charge is 0.407 e. The van der Waals surface area contributed by atoms with Crippen LogP contribution in [0.3, 0.4) is 0 Å². The van der Waals surface area contributed by atoms with Gasteiger partial charge >= 0.3 is 6.09 Å². The average Bonchev–Trinajstić information content (AvgIpc) is 2.84. The lowest BCUT2D eigenvalue weighted by molar-refractivity contribution is -0.120. The lowest BCUT2D eigenvalue weighted by atomic mass is 10.0. The summed E-state index contributed by atoms with van der Waals surface area (Å²) >= 11 is 0. The molecule has 5 nitrogen and oxygen atoms in total. The standard InChI is InChI=1S/C13H14N2O3/c16-12(10-8-18-13(17)14-10)15-7-3-5-9-4-1-2-6-11(9)15/h1-2,4,6,10H,3,5,7-8H2,(H,14,17). The maximum Gasteiger partial charge on any atom is 0.407 e. The van der Waals surface area contributed by atoms with Crippen LogP contribution in [0.1, 0.15) is 12.0 Å². The molecule has 0 aliphatic carbocycles. The average molecular weight is 246 g/mol. The molecule has 0 bridgehead atoms. The van der Waals surface area contributed by atoms with Crippen molar-refractivity contribution >= 4 is 17.7 Å². The van der Waals surface area contributed by atoms with Gasteiger partial charge in [-0.15, -0.1) is 0 Å². The fraction of sp³-hybridized carbons (Fsp3) is 0.385. The molecule has 0 saturated carbocycles. The number of cyclic esters (lactones) is 1. The number of fused-ring (bicyclic) bond motifs is 1. The van der Waals surface area contributed by atoms with Crippen molar-refractivity contribution in [3.8, 4) is 0 Å². The Morgan fingerprint density at radius 3 is 3.00 bits per heavy atom. The summed E-state index contributed by atoms with van der Waals surface area (Å²) in [6.45, 7) is 0.818. The lowest BCUT2D eigenvalue weighted by Gasteiger charge is -2.30. The highest BCUT2D eigenvalue weighted by molar-refractivity contribution is 6.00. The molecule has 2 aliphatic rings. The van der Waals surface area contributed by atoms with E-state index in [1.165, 1.54) is 5.56 Å². The molecule has 1 saturated heterocycles. The van der Waals surface area contributed by atoms with E-state index in [1.807, 2.05) is 24.3 Å². The maximum atomic E-state index is 12.3. The van der Waals surface area contributed by atoms with Crippen molar-refractivity contribution in [2.24, 2.45) is 0 Å². The minimum Gasteiger partial charge on any atom is -0.447 e. The van der Waals surface area contributed by atoms with Crippen LogP contribution >= 0.6 is 0 Å². The first-order valence-electron chi connectivity index (χ1n) is 6.08. The Hall–Kier alpha value is -2.04. The van der Waals surface area contributed by atoms with Gasteiger partial charge in [0.15, 0.2) is 0 Å². The summed E-state index contributed by atoms with van der Waals surface area (Å²) in [7, 11) is 0. The number of rotatable bonds is 1. The molecular formula is C13H14N2O3. The van der Waals surface area contributed by atoms with E-state index in [4.69, 9.17) is 4.74 Å². The SMILES string of the molecule is O=C1NC(C(=O)N2CCCc3ccccc32)CO1. The summed E-state index contributed by atoms with van der Waals surface area (Å²) in [5.74, 6) is -0.0898. The lowest BCUT2D eigenvalue weighted by Crippen LogP contribution is -2.47. The molecule has 0 radical (unpaired) electrons. The molecule has 1 aromatic rings. The van der Waals surface area contributed by atoms with Crippen LogP contribution in [0.5, 0.6) is 0 Å². The highest BCUT2D eigenvalue weighted by Crippen LogP contribution is 2.27. The number of aryl methyl sites for hydroxylation is 1. The van der Waals surface area contributed by atoms with Gasteiger partial charge in [0.25, 0.3) is 5.91 Å². The molecule has 1 atom stereocenters. The zero-order chi connectivity index (χ0) is 12.5. The highest BCUT2D eigenvalue weighted by atomic mass is 16.6. The fourth-order valence-electron chi connectivity index (χ4n) is 2.47. The minimum absolute atomic E-state index is 0.0898. The van der Waals surface area contributed by atoms with Gasteiger partial charge in [-0.05, 0) is 24.5 Å². The number of nitrogens with zero attached hydrogens (tertiary/aromatic N) is 1. The van der Waals surface area contributed by atoms with Gasteiger partial charge in [0, 0.05) is 12.2 Å². The van der Waals surface area contributed by atoms with Crippen molar-refractivity contribution in [3.05, 3.63) is 29.8 Å². The van der Waals surface area contributed by atoms with E-state index < -0.39 is 12.1 Å². The first-order valence-corrected chi connectivity index (χ1v) is 6.08. The van der Waals surface area contributed by atoms with Crippen molar-refractivity contribution in [2.75, 3.05) is 18.1 Å². The second-order valence-corrected chi connectivity index (χ2v) is 4.52. The van der Waals surface area contributed by atoms with Gasteiger partial charge in [-0.1, -0.05) is 18.2 Å². The predicted molar refractivity (Wildman–Crippen MR) is 65.4 cm³/mol. The van der Waals surface area contributed by atoms with Crippen molar-refractivity contribution in [1.29, 1.82) is 0 Å². The van der Waals surface area contributed by atoms with Crippen molar-refractivity contribution in [3.63, 3.8) is 0 Å². The molecule has 3 rings (SSSR count). The Bertz CT molecular complexity index is 501. The van der Waals surface area contributed by atoms with Gasteiger partial charge in [-0.3, -0.25) is 4.79 Å². The Morgan fingerprint density at radius 2 is 2.22 bits per heavy atom. The first kappa shape index (κ1) is 11.1. The highest BCUT2D eigenvalue weighted by Gasteiger charge is 2.34. The summed E-state index contributed by atoms with van der Waals surface area (Å²) in [6, 6.07) is 7.34. The van der Waals surface area contributed by atoms with Crippen LogP contribution in [0.2, 0.25) is 0 Å². The monoisotopic (exact) mass is 246 g/mol. The number of para-hydroxylation sites is 1. The first-order chi connectivity index (χ1) is 8.75. The molecule has 18 heavy (non-hydrogen) atoms. The summed E-state index contributed by atoms with van der Waals surface area (Å²) in [6.07, 6.45) is 1.43. The third kappa shape index (κ3) is 1.81. The molecule has 0 aromatic heterocycles. The van der Waals surface area contributed by atoms with Crippen LogP contribution in [0, 0.1) is 0 Å². The number of nitrogens with one attached hydrogen (secondary N) is 1. The van der Waals surface area contributed by atoms with Crippen LogP contribution in [0.25, 0.3) is 0 Å². The Kier molecular flexibility index (Phi) is 2.66. The van der Waals surface area contributed by atoms with E-state index >= 15 is 0 Å². The van der Waals surface area contributed by atoms with Crippen LogP contribution in [-0.4, -0.2) is 31.2 Å². The number of benzene rings is 1. The molecule has 1 unspecified atom stereocenters. The van der Waals surface area contributed by atoms with E-state index in [-0.39, 0.29) is 12.5 Å². The summed E-state index contributed by atoms with van der Waals surface area (Å²) in [4.78, 5) is 25.1. The Balaban J connectivity index is 1.85. The Labute approximate surface area is 105 Å². The van der Waals surface area contributed by atoms with Crippen LogP contribution in [-0.2, 0) is 16.0 Å². The van der Waals surface area contributed by atoms with Gasteiger partial charge in [0.1, 0.15) is 12.6 Å². The number of carbonyl (C=O) groups is 2. The quantitative estimate of drug-likeness (QED) is 0.806. The predicted octanol–water partition coefficient (Wildman–Crippen LogP) is 1.07. The number of ether oxygens (including phenoxy) is 1. The Morgan fingerprint density at radius 1 is 1.39 bits per heavy atom. The number of alkyl carbamates (subject to hydrolysis) is 1. The molecular weight excluding hydrogens is 232 g/mol. The van der Waals surface area contributed by atoms with E-state index in [9.17, 15) is 9.59 Å². The number of hydrogen-bond donors (Lipinski definition) is 1. The normalized spacial score (nSPS) is 22.1. The number of carbonyl (C=O) groups excluding carboxylic acids is 2. The van der Waals surface area contributed by atoms with Gasteiger partial charge in [0.05, 0.1) is 0 Å². The molecule has 1 aromatic carbocycles. The molecule has 2 aliphatic heterocycles. The third-order valence-corrected chi connectivity index (χ3v) is 3.35. The number of hydrogen-bond acceptors (Lipinski definition) is 3. The van der Waals surface area contributed by atoms with Gasteiger partial charge < -0.3 is 15.0 Å². The molecule has 94 valence electrons. The topological polar surface area (TPSA) is 58.6 Å². The van der Waals surface area contributed by atoms with Crippen LogP contribution < -0.4 is 10.2 Å². The maximum absolute atomic E-state index is 12.3. The van der Waals surface area contributed by atoms with E-state index in [0.29, 0.717) is 6.54 Å². The zero-order valence-electron chi connectivity index (χ0n) is 9.89. The fourth-order valence-corrected chi connectivity index (χ4v) is 2.47. The molecule has 1 N–H and O–H groups in total. The van der Waals surface area contributed by atoms with E-state index in [0.717, 1.165) is 18.5 Å². The molecule has 2 heterocycles. The van der Waals surface area contributed by atoms with Crippen LogP contribution in [0.15, 0.2) is 24.3 Å². The van der Waals surface area contributed by atoms with E-state index in [2.05, 4.69) is 5.32 Å². The largest absolute Gasteiger partial charge is 0.447 e. The number of amides is 2. The molecule has 0 spiro atoms. The molecule has 2 amide bonds. The van der Waals surface area contributed by atoms with Crippen molar-refractivity contribution in [1.82, 2.24) is 5.32 Å². The third-order valence-electron chi connectivity index (χ3n) is 3.35. The molecule has 5 heteroatoms. The van der Waals surface area contributed by atoms with Crippen molar-refractivity contribution in [2.45, 2.75) is 18.9 Å². The second kappa shape index (κ2) is 4.33. The summed E-state index contributed by atoms with van der Waals surface area (Å²) in [5, 5.41) is 2.53. The zero-order valence-corrected chi connectivity index (χ0v) is 9.89. The van der Waals surface area contributed by atoms with Gasteiger partial charge in [-0.25, -0.2) is 4.79 Å². The van der Waals surface area contributed by atoms with E-state index in [1.54, 1.807) is 4.90 Å². The summed E-state index contributed by atoms with van der Waals surface area (Å²) < 4.78 is 4.77.